The Balaban J connectivity index is 2.00. The topological polar surface area (TPSA) is 75.7 Å². The van der Waals surface area contributed by atoms with Crippen molar-refractivity contribution in [2.24, 2.45) is 0 Å². The van der Waals surface area contributed by atoms with Gasteiger partial charge in [0.05, 0.1) is 23.9 Å². The maximum atomic E-state index is 12.6. The van der Waals surface area contributed by atoms with Gasteiger partial charge in [0, 0.05) is 18.2 Å². The second-order valence-electron chi connectivity index (χ2n) is 5.28. The number of amides is 3. The molecule has 2 aromatic carbocycles. The van der Waals surface area contributed by atoms with Gasteiger partial charge in [0.2, 0.25) is 5.91 Å². The van der Waals surface area contributed by atoms with Crippen LogP contribution in [-0.2, 0) is 4.79 Å². The fraction of sp³-hybridized carbons (Fsp3) is 0.167. The van der Waals surface area contributed by atoms with E-state index >= 15 is 0 Å². The van der Waals surface area contributed by atoms with Crippen LogP contribution < -0.4 is 15.0 Å². The molecule has 0 aliphatic carbocycles. The van der Waals surface area contributed by atoms with E-state index in [1.54, 1.807) is 49.4 Å². The van der Waals surface area contributed by atoms with Crippen LogP contribution in [0.2, 0.25) is 0 Å². The highest BCUT2D eigenvalue weighted by Crippen LogP contribution is 2.36. The first-order valence-corrected chi connectivity index (χ1v) is 7.52. The molecule has 0 radical (unpaired) electrons. The van der Waals surface area contributed by atoms with Crippen molar-refractivity contribution in [1.82, 2.24) is 0 Å². The van der Waals surface area contributed by atoms with Gasteiger partial charge in [0.1, 0.15) is 5.75 Å². The normalized spacial score (nSPS) is 13.0. The molecule has 3 amide bonds. The first kappa shape index (κ1) is 15.7. The predicted molar refractivity (Wildman–Crippen MR) is 89.5 cm³/mol. The third-order valence-corrected chi connectivity index (χ3v) is 3.82. The van der Waals surface area contributed by atoms with E-state index in [0.29, 0.717) is 34.7 Å². The quantitative estimate of drug-likeness (QED) is 0.878. The lowest BCUT2D eigenvalue weighted by molar-refractivity contribution is -0.115. The van der Waals surface area contributed by atoms with Crippen molar-refractivity contribution in [3.63, 3.8) is 0 Å². The average Bonchev–Trinajstić information content (AvgIpc) is 2.86. The lowest BCUT2D eigenvalue weighted by Crippen LogP contribution is -2.29. The van der Waals surface area contributed by atoms with Crippen LogP contribution in [0.15, 0.2) is 42.5 Å². The van der Waals surface area contributed by atoms with Gasteiger partial charge in [-0.05, 0) is 24.3 Å². The van der Waals surface area contributed by atoms with Crippen LogP contribution in [0.3, 0.4) is 0 Å². The number of carbonyl (C=O) groups is 3. The Morgan fingerprint density at radius 1 is 1.08 bits per heavy atom. The minimum Gasteiger partial charge on any atom is -0.494 e. The molecule has 0 aromatic heterocycles. The number of anilines is 2. The fourth-order valence-corrected chi connectivity index (χ4v) is 2.60. The van der Waals surface area contributed by atoms with Crippen LogP contribution in [0.1, 0.15) is 34.1 Å². The summed E-state index contributed by atoms with van der Waals surface area (Å²) in [6, 6.07) is 11.5. The number of imide groups is 1. The van der Waals surface area contributed by atoms with E-state index in [0.717, 1.165) is 4.90 Å². The van der Waals surface area contributed by atoms with E-state index in [4.69, 9.17) is 4.74 Å². The highest BCUT2D eigenvalue weighted by atomic mass is 16.5. The molecule has 0 atom stereocenters. The maximum Gasteiger partial charge on any atom is 0.266 e. The predicted octanol–water partition coefficient (Wildman–Crippen LogP) is 2.84. The van der Waals surface area contributed by atoms with E-state index in [-0.39, 0.29) is 17.7 Å². The Morgan fingerprint density at radius 2 is 1.71 bits per heavy atom. The molecular formula is C18H16N2O4. The summed E-state index contributed by atoms with van der Waals surface area (Å²) in [5, 5.41) is 2.72. The van der Waals surface area contributed by atoms with Gasteiger partial charge in [0.15, 0.2) is 0 Å². The minimum atomic E-state index is -0.390. The molecule has 0 saturated heterocycles. The van der Waals surface area contributed by atoms with Gasteiger partial charge in [-0.15, -0.1) is 0 Å². The Labute approximate surface area is 139 Å². The number of rotatable bonds is 4. The molecule has 2 aromatic rings. The van der Waals surface area contributed by atoms with Crippen molar-refractivity contribution in [1.29, 1.82) is 0 Å². The zero-order chi connectivity index (χ0) is 17.3. The lowest BCUT2D eigenvalue weighted by atomic mass is 10.1. The Kier molecular flexibility index (Phi) is 4.04. The molecule has 0 unspecified atom stereocenters. The van der Waals surface area contributed by atoms with E-state index in [1.807, 2.05) is 0 Å². The summed E-state index contributed by atoms with van der Waals surface area (Å²) in [6.07, 6.45) is 0.350. The Bertz CT molecular complexity index is 810. The highest BCUT2D eigenvalue weighted by molar-refractivity contribution is 6.34. The van der Waals surface area contributed by atoms with E-state index in [1.165, 1.54) is 7.11 Å². The molecule has 6 nitrogen and oxygen atoms in total. The molecule has 1 heterocycles. The van der Waals surface area contributed by atoms with Crippen LogP contribution in [0.25, 0.3) is 0 Å². The first-order chi connectivity index (χ1) is 11.6. The van der Waals surface area contributed by atoms with Crippen LogP contribution in [0.4, 0.5) is 11.4 Å². The van der Waals surface area contributed by atoms with Gasteiger partial charge in [-0.2, -0.15) is 0 Å². The largest absolute Gasteiger partial charge is 0.494 e. The highest BCUT2D eigenvalue weighted by Gasteiger charge is 2.37. The molecule has 1 N–H and O–H groups in total. The first-order valence-electron chi connectivity index (χ1n) is 7.52. The van der Waals surface area contributed by atoms with Crippen LogP contribution in [0.5, 0.6) is 5.75 Å². The van der Waals surface area contributed by atoms with E-state index in [2.05, 4.69) is 5.32 Å². The van der Waals surface area contributed by atoms with Gasteiger partial charge in [0.25, 0.3) is 11.8 Å². The number of carbonyl (C=O) groups excluding carboxylic acids is 3. The molecule has 1 aliphatic heterocycles. The molecule has 0 fully saturated rings. The van der Waals surface area contributed by atoms with Crippen molar-refractivity contribution < 1.29 is 19.1 Å². The van der Waals surface area contributed by atoms with Crippen LogP contribution >= 0.6 is 0 Å². The summed E-state index contributed by atoms with van der Waals surface area (Å²) in [5.74, 6) is -0.581. The molecule has 122 valence electrons. The van der Waals surface area contributed by atoms with Gasteiger partial charge < -0.3 is 10.1 Å². The number of benzene rings is 2. The maximum absolute atomic E-state index is 12.6. The second-order valence-corrected chi connectivity index (χ2v) is 5.28. The van der Waals surface area contributed by atoms with Gasteiger partial charge in [-0.3, -0.25) is 14.4 Å². The standard InChI is InChI=1S/C18H16N2O4/c1-3-16(21)19-11-8-9-14(15(10-11)24-2)20-17(22)12-6-4-5-7-13(12)18(20)23/h4-10H,3H2,1-2H3,(H,19,21). The van der Waals surface area contributed by atoms with Gasteiger partial charge in [-0.25, -0.2) is 4.90 Å². The summed E-state index contributed by atoms with van der Waals surface area (Å²) in [4.78, 5) is 37.7. The number of nitrogens with one attached hydrogen (secondary N) is 1. The number of methoxy groups -OCH3 is 1. The van der Waals surface area contributed by atoms with E-state index in [9.17, 15) is 14.4 Å². The van der Waals surface area contributed by atoms with Crippen molar-refractivity contribution >= 4 is 29.1 Å². The van der Waals surface area contributed by atoms with Gasteiger partial charge in [-0.1, -0.05) is 19.1 Å². The molecular weight excluding hydrogens is 308 g/mol. The molecule has 0 bridgehead atoms. The minimum absolute atomic E-state index is 0.134. The zero-order valence-corrected chi connectivity index (χ0v) is 13.3. The molecule has 6 heteroatoms. The third-order valence-electron chi connectivity index (χ3n) is 3.82. The summed E-state index contributed by atoms with van der Waals surface area (Å²) in [6.45, 7) is 1.75. The van der Waals surface area contributed by atoms with Crippen molar-refractivity contribution in [2.45, 2.75) is 13.3 Å². The summed E-state index contributed by atoms with van der Waals surface area (Å²) in [7, 11) is 1.45. The Morgan fingerprint density at radius 3 is 2.25 bits per heavy atom. The molecule has 3 rings (SSSR count). The van der Waals surface area contributed by atoms with Gasteiger partial charge >= 0.3 is 0 Å². The monoisotopic (exact) mass is 324 g/mol. The number of fused-ring (bicyclic) bond motifs is 1. The summed E-state index contributed by atoms with van der Waals surface area (Å²) < 4.78 is 5.31. The second kappa shape index (κ2) is 6.16. The van der Waals surface area contributed by atoms with Crippen molar-refractivity contribution in [2.75, 3.05) is 17.3 Å². The molecule has 0 saturated carbocycles. The summed E-state index contributed by atoms with van der Waals surface area (Å²) >= 11 is 0. The van der Waals surface area contributed by atoms with Crippen molar-refractivity contribution in [3.05, 3.63) is 53.6 Å². The molecule has 1 aliphatic rings. The van der Waals surface area contributed by atoms with Crippen molar-refractivity contribution in [3.8, 4) is 5.75 Å². The van der Waals surface area contributed by atoms with Crippen LogP contribution in [-0.4, -0.2) is 24.8 Å². The molecule has 24 heavy (non-hydrogen) atoms. The number of hydrogen-bond donors (Lipinski definition) is 1. The SMILES string of the molecule is CCC(=O)Nc1ccc(N2C(=O)c3ccccc3C2=O)c(OC)c1. The Hall–Kier alpha value is -3.15. The number of nitrogens with zero attached hydrogens (tertiary/aromatic N) is 1. The lowest BCUT2D eigenvalue weighted by Gasteiger charge is -2.18. The van der Waals surface area contributed by atoms with E-state index < -0.39 is 0 Å². The smallest absolute Gasteiger partial charge is 0.266 e. The number of ether oxygens (including phenoxy) is 1. The third kappa shape index (κ3) is 2.52. The summed E-state index contributed by atoms with van der Waals surface area (Å²) in [5.41, 5.74) is 1.62. The zero-order valence-electron chi connectivity index (χ0n) is 13.3. The average molecular weight is 324 g/mol. The van der Waals surface area contributed by atoms with Crippen LogP contribution in [0, 0.1) is 0 Å². The fourth-order valence-electron chi connectivity index (χ4n) is 2.60. The number of hydrogen-bond acceptors (Lipinski definition) is 4. The molecule has 0 spiro atoms.